The first-order chi connectivity index (χ1) is 9.88. The summed E-state index contributed by atoms with van der Waals surface area (Å²) >= 11 is 1.90. The number of rotatable bonds is 7. The summed E-state index contributed by atoms with van der Waals surface area (Å²) in [4.78, 5) is 0.358. The van der Waals surface area contributed by atoms with Crippen LogP contribution in [0.3, 0.4) is 0 Å². The average Bonchev–Trinajstić information content (AvgIpc) is 3.04. The summed E-state index contributed by atoms with van der Waals surface area (Å²) in [7, 11) is -1.52. The largest absolute Gasteiger partial charge is 0.352 e. The zero-order chi connectivity index (χ0) is 15.5. The van der Waals surface area contributed by atoms with Crippen molar-refractivity contribution in [3.63, 3.8) is 0 Å². The Bertz CT molecular complexity index is 561. The number of nitrogens with zero attached hydrogens (tertiary/aromatic N) is 1. The maximum atomic E-state index is 12.3. The van der Waals surface area contributed by atoms with Crippen molar-refractivity contribution in [1.82, 2.24) is 14.6 Å². The van der Waals surface area contributed by atoms with Crippen molar-refractivity contribution in [3.8, 4) is 0 Å². The lowest BCUT2D eigenvalue weighted by Gasteiger charge is -2.09. The van der Waals surface area contributed by atoms with E-state index in [4.69, 9.17) is 0 Å². The van der Waals surface area contributed by atoms with Crippen LogP contribution in [0.15, 0.2) is 17.2 Å². The molecule has 1 atom stereocenters. The molecule has 2 heterocycles. The van der Waals surface area contributed by atoms with Crippen LogP contribution in [-0.4, -0.2) is 37.1 Å². The van der Waals surface area contributed by atoms with Crippen LogP contribution in [0, 0.1) is 5.92 Å². The minimum Gasteiger partial charge on any atom is -0.352 e. The second-order valence-corrected chi connectivity index (χ2v) is 8.81. The highest BCUT2D eigenvalue weighted by Gasteiger charge is 2.21. The SMILES string of the molecule is CC(C)NCc1cc(S(=O)(=O)NCC2CCSC2)cn1C. The molecule has 21 heavy (non-hydrogen) atoms. The van der Waals surface area contributed by atoms with Gasteiger partial charge in [0.15, 0.2) is 0 Å². The fourth-order valence-electron chi connectivity index (χ4n) is 2.26. The van der Waals surface area contributed by atoms with Crippen LogP contribution < -0.4 is 10.0 Å². The third-order valence-corrected chi connectivity index (χ3v) is 6.29. The van der Waals surface area contributed by atoms with E-state index in [9.17, 15) is 8.42 Å². The Labute approximate surface area is 131 Å². The van der Waals surface area contributed by atoms with Gasteiger partial charge in [-0.05, 0) is 29.9 Å². The maximum Gasteiger partial charge on any atom is 0.242 e. The van der Waals surface area contributed by atoms with E-state index in [1.165, 1.54) is 0 Å². The third kappa shape index (κ3) is 4.74. The molecular formula is C14H25N3O2S2. The van der Waals surface area contributed by atoms with E-state index >= 15 is 0 Å². The Morgan fingerprint density at radius 1 is 1.48 bits per heavy atom. The zero-order valence-electron chi connectivity index (χ0n) is 12.9. The number of aryl methyl sites for hydroxylation is 1. The molecule has 1 fully saturated rings. The molecule has 5 nitrogen and oxygen atoms in total. The summed E-state index contributed by atoms with van der Waals surface area (Å²) in [5.74, 6) is 2.67. The molecule has 0 bridgehead atoms. The first-order valence-corrected chi connectivity index (χ1v) is 9.98. The van der Waals surface area contributed by atoms with Crippen LogP contribution in [0.2, 0.25) is 0 Å². The molecule has 0 saturated carbocycles. The average molecular weight is 332 g/mol. The molecule has 1 aromatic rings. The Hall–Kier alpha value is -0.500. The molecule has 1 aliphatic rings. The first-order valence-electron chi connectivity index (χ1n) is 7.34. The van der Waals surface area contributed by atoms with Gasteiger partial charge < -0.3 is 9.88 Å². The van der Waals surface area contributed by atoms with Crippen LogP contribution in [0.25, 0.3) is 0 Å². The molecule has 0 aromatic carbocycles. The molecule has 1 aromatic heterocycles. The minimum atomic E-state index is -3.40. The van der Waals surface area contributed by atoms with E-state index in [1.54, 1.807) is 12.3 Å². The van der Waals surface area contributed by atoms with Crippen LogP contribution >= 0.6 is 11.8 Å². The summed E-state index contributed by atoms with van der Waals surface area (Å²) in [5, 5.41) is 3.31. The van der Waals surface area contributed by atoms with Gasteiger partial charge in [0.05, 0.1) is 4.90 Å². The molecule has 0 radical (unpaired) electrons. The molecule has 7 heteroatoms. The number of sulfonamides is 1. The molecule has 1 aliphatic heterocycles. The quantitative estimate of drug-likeness (QED) is 0.796. The monoisotopic (exact) mass is 331 g/mol. The molecule has 1 unspecified atom stereocenters. The Morgan fingerprint density at radius 2 is 2.24 bits per heavy atom. The zero-order valence-corrected chi connectivity index (χ0v) is 14.6. The van der Waals surface area contributed by atoms with E-state index in [2.05, 4.69) is 23.9 Å². The van der Waals surface area contributed by atoms with Crippen LogP contribution in [-0.2, 0) is 23.6 Å². The highest BCUT2D eigenvalue weighted by atomic mass is 32.2. The molecule has 1 saturated heterocycles. The standard InChI is InChI=1S/C14H25N3O2S2/c1-11(2)15-8-13-6-14(9-17(13)3)21(18,19)16-7-12-4-5-20-10-12/h6,9,11-12,15-16H,4-5,7-8,10H2,1-3H3. The van der Waals surface area contributed by atoms with Crippen molar-refractivity contribution in [3.05, 3.63) is 18.0 Å². The van der Waals surface area contributed by atoms with Gasteiger partial charge in [-0.2, -0.15) is 11.8 Å². The van der Waals surface area contributed by atoms with Gasteiger partial charge in [0, 0.05) is 38.1 Å². The highest BCUT2D eigenvalue weighted by molar-refractivity contribution is 7.99. The third-order valence-electron chi connectivity index (χ3n) is 3.67. The van der Waals surface area contributed by atoms with E-state index in [0.29, 0.717) is 29.9 Å². The molecule has 0 aliphatic carbocycles. The Kier molecular flexibility index (Phi) is 5.76. The van der Waals surface area contributed by atoms with Crippen molar-refractivity contribution >= 4 is 21.8 Å². The molecule has 120 valence electrons. The Morgan fingerprint density at radius 3 is 2.86 bits per heavy atom. The Balaban J connectivity index is 2.00. The predicted molar refractivity (Wildman–Crippen MR) is 88.0 cm³/mol. The van der Waals surface area contributed by atoms with Gasteiger partial charge in [0.1, 0.15) is 0 Å². The summed E-state index contributed by atoms with van der Waals surface area (Å²) in [5.41, 5.74) is 0.973. The van der Waals surface area contributed by atoms with Crippen molar-refractivity contribution < 1.29 is 8.42 Å². The summed E-state index contributed by atoms with van der Waals surface area (Å²) in [6, 6.07) is 2.12. The molecule has 2 N–H and O–H groups in total. The van der Waals surface area contributed by atoms with Gasteiger partial charge in [-0.3, -0.25) is 0 Å². The van der Waals surface area contributed by atoms with Gasteiger partial charge >= 0.3 is 0 Å². The predicted octanol–water partition coefficient (Wildman–Crippen LogP) is 1.55. The van der Waals surface area contributed by atoms with E-state index in [0.717, 1.165) is 23.6 Å². The second-order valence-electron chi connectivity index (χ2n) is 5.90. The number of aromatic nitrogens is 1. The van der Waals surface area contributed by atoms with Gasteiger partial charge in [-0.15, -0.1) is 0 Å². The van der Waals surface area contributed by atoms with Crippen molar-refractivity contribution in [2.45, 2.75) is 37.8 Å². The van der Waals surface area contributed by atoms with E-state index in [-0.39, 0.29) is 0 Å². The van der Waals surface area contributed by atoms with E-state index in [1.807, 2.05) is 23.4 Å². The molecular weight excluding hydrogens is 306 g/mol. The fraction of sp³-hybridized carbons (Fsp3) is 0.714. The highest BCUT2D eigenvalue weighted by Crippen LogP contribution is 2.23. The number of nitrogens with one attached hydrogen (secondary N) is 2. The van der Waals surface area contributed by atoms with Crippen molar-refractivity contribution in [1.29, 1.82) is 0 Å². The maximum absolute atomic E-state index is 12.3. The summed E-state index contributed by atoms with van der Waals surface area (Å²) in [6.45, 7) is 5.36. The summed E-state index contributed by atoms with van der Waals surface area (Å²) < 4.78 is 29.3. The second kappa shape index (κ2) is 7.17. The fourth-order valence-corrected chi connectivity index (χ4v) is 4.76. The molecule has 0 spiro atoms. The minimum absolute atomic E-state index is 0.358. The lowest BCUT2D eigenvalue weighted by atomic mass is 10.1. The normalized spacial score (nSPS) is 19.5. The topological polar surface area (TPSA) is 63.1 Å². The van der Waals surface area contributed by atoms with E-state index < -0.39 is 10.0 Å². The van der Waals surface area contributed by atoms with Gasteiger partial charge in [0.2, 0.25) is 10.0 Å². The lowest BCUT2D eigenvalue weighted by molar-refractivity contribution is 0.545. The van der Waals surface area contributed by atoms with Gasteiger partial charge in [-0.25, -0.2) is 13.1 Å². The molecule has 2 rings (SSSR count). The first kappa shape index (κ1) is 16.9. The number of hydrogen-bond acceptors (Lipinski definition) is 4. The molecule has 0 amide bonds. The van der Waals surface area contributed by atoms with Crippen LogP contribution in [0.5, 0.6) is 0 Å². The number of thioether (sulfide) groups is 1. The van der Waals surface area contributed by atoms with Gasteiger partial charge in [-0.1, -0.05) is 13.8 Å². The smallest absolute Gasteiger partial charge is 0.242 e. The van der Waals surface area contributed by atoms with Crippen LogP contribution in [0.4, 0.5) is 0 Å². The van der Waals surface area contributed by atoms with Crippen molar-refractivity contribution in [2.24, 2.45) is 13.0 Å². The van der Waals surface area contributed by atoms with Crippen molar-refractivity contribution in [2.75, 3.05) is 18.1 Å². The summed E-state index contributed by atoms with van der Waals surface area (Å²) in [6.07, 6.45) is 2.79. The van der Waals surface area contributed by atoms with Gasteiger partial charge in [0.25, 0.3) is 0 Å². The lowest BCUT2D eigenvalue weighted by Crippen LogP contribution is -2.29. The number of hydrogen-bond donors (Lipinski definition) is 2. The van der Waals surface area contributed by atoms with Crippen LogP contribution in [0.1, 0.15) is 26.0 Å².